The number of rotatable bonds is 4. The van der Waals surface area contributed by atoms with Crippen molar-refractivity contribution in [2.75, 3.05) is 0 Å². The van der Waals surface area contributed by atoms with Gasteiger partial charge in [-0.05, 0) is 5.56 Å². The van der Waals surface area contributed by atoms with Crippen molar-refractivity contribution in [3.8, 4) is 0 Å². The Labute approximate surface area is 94.0 Å². The second kappa shape index (κ2) is 5.87. The molecule has 5 heteroatoms. The van der Waals surface area contributed by atoms with Gasteiger partial charge < -0.3 is 5.32 Å². The third-order valence-corrected chi connectivity index (χ3v) is 2.13. The van der Waals surface area contributed by atoms with E-state index in [1.807, 2.05) is 35.8 Å². The Hall–Kier alpha value is -1.88. The fourth-order valence-corrected chi connectivity index (χ4v) is 1.43. The van der Waals surface area contributed by atoms with Crippen LogP contribution in [0.15, 0.2) is 30.3 Å². The summed E-state index contributed by atoms with van der Waals surface area (Å²) in [5.74, 6) is 4.52. The van der Waals surface area contributed by atoms with Crippen LogP contribution >= 0.6 is 0 Å². The van der Waals surface area contributed by atoms with E-state index in [0.29, 0.717) is 0 Å². The minimum absolute atomic E-state index is 0.125. The maximum Gasteiger partial charge on any atom is 0.236 e. The first-order chi connectivity index (χ1) is 7.63. The van der Waals surface area contributed by atoms with Crippen LogP contribution < -0.4 is 16.6 Å². The van der Waals surface area contributed by atoms with Crippen LogP contribution in [0.4, 0.5) is 0 Å². The quantitative estimate of drug-likeness (QED) is 0.387. The second-order valence-corrected chi connectivity index (χ2v) is 3.44. The van der Waals surface area contributed by atoms with Gasteiger partial charge in [0.25, 0.3) is 0 Å². The van der Waals surface area contributed by atoms with Crippen LogP contribution in [-0.4, -0.2) is 11.8 Å². The number of carbonyl (C=O) groups is 2. The van der Waals surface area contributed by atoms with Crippen LogP contribution in [-0.2, 0) is 9.59 Å². The zero-order valence-electron chi connectivity index (χ0n) is 9.07. The lowest BCUT2D eigenvalue weighted by molar-refractivity contribution is -0.122. The topological polar surface area (TPSA) is 84.2 Å². The van der Waals surface area contributed by atoms with E-state index >= 15 is 0 Å². The molecule has 0 heterocycles. The van der Waals surface area contributed by atoms with E-state index in [-0.39, 0.29) is 24.3 Å². The summed E-state index contributed by atoms with van der Waals surface area (Å²) in [6.07, 6.45) is 0.125. The van der Waals surface area contributed by atoms with Crippen LogP contribution in [0.5, 0.6) is 0 Å². The summed E-state index contributed by atoms with van der Waals surface area (Å²) in [4.78, 5) is 22.2. The van der Waals surface area contributed by atoms with Gasteiger partial charge in [-0.25, -0.2) is 5.84 Å². The number of benzene rings is 1. The van der Waals surface area contributed by atoms with E-state index in [1.54, 1.807) is 0 Å². The molecule has 0 aliphatic carbocycles. The highest BCUT2D eigenvalue weighted by Gasteiger charge is 2.15. The highest BCUT2D eigenvalue weighted by atomic mass is 16.2. The number of hydrogen-bond acceptors (Lipinski definition) is 3. The van der Waals surface area contributed by atoms with Gasteiger partial charge in [0.2, 0.25) is 11.8 Å². The fraction of sp³-hybridized carbons (Fsp3) is 0.273. The van der Waals surface area contributed by atoms with Gasteiger partial charge in [0, 0.05) is 6.92 Å². The first kappa shape index (κ1) is 12.2. The number of hydrazine groups is 1. The number of carbonyl (C=O) groups excluding carboxylic acids is 2. The van der Waals surface area contributed by atoms with E-state index in [0.717, 1.165) is 5.56 Å². The zero-order valence-corrected chi connectivity index (χ0v) is 9.07. The van der Waals surface area contributed by atoms with Crippen molar-refractivity contribution in [3.05, 3.63) is 35.9 Å². The minimum atomic E-state index is -0.345. The number of hydrogen-bond donors (Lipinski definition) is 3. The molecule has 0 unspecified atom stereocenters. The van der Waals surface area contributed by atoms with Gasteiger partial charge in [-0.2, -0.15) is 0 Å². The van der Waals surface area contributed by atoms with Gasteiger partial charge in [-0.3, -0.25) is 15.0 Å². The molecule has 1 aromatic rings. The molecule has 1 aromatic carbocycles. The standard InChI is InChI=1S/C11H15N3O2/c1-8(15)13-10(7-11(16)14-12)9-5-3-2-4-6-9/h2-6,10H,7,12H2,1H3,(H,13,15)(H,14,16)/t10-/m0/s1. The molecule has 86 valence electrons. The Morgan fingerprint density at radius 3 is 2.44 bits per heavy atom. The first-order valence-electron chi connectivity index (χ1n) is 4.95. The maximum absolute atomic E-state index is 11.2. The van der Waals surface area contributed by atoms with E-state index in [4.69, 9.17) is 5.84 Å². The highest BCUT2D eigenvalue weighted by molar-refractivity contribution is 5.78. The molecule has 0 saturated carbocycles. The van der Waals surface area contributed by atoms with Crippen molar-refractivity contribution < 1.29 is 9.59 Å². The summed E-state index contributed by atoms with van der Waals surface area (Å²) in [6, 6.07) is 8.93. The Kier molecular flexibility index (Phi) is 4.47. The third kappa shape index (κ3) is 3.70. The van der Waals surface area contributed by atoms with Crippen molar-refractivity contribution in [1.29, 1.82) is 0 Å². The van der Waals surface area contributed by atoms with Crippen LogP contribution in [0.2, 0.25) is 0 Å². The second-order valence-electron chi connectivity index (χ2n) is 3.44. The Bertz CT molecular complexity index is 365. The van der Waals surface area contributed by atoms with Crippen molar-refractivity contribution in [2.45, 2.75) is 19.4 Å². The fourth-order valence-electron chi connectivity index (χ4n) is 1.43. The Morgan fingerprint density at radius 1 is 1.31 bits per heavy atom. The van der Waals surface area contributed by atoms with Crippen molar-refractivity contribution in [1.82, 2.24) is 10.7 Å². The predicted molar refractivity (Wildman–Crippen MR) is 59.9 cm³/mol. The molecule has 0 bridgehead atoms. The molecule has 2 amide bonds. The van der Waals surface area contributed by atoms with E-state index in [2.05, 4.69) is 5.32 Å². The molecule has 1 atom stereocenters. The smallest absolute Gasteiger partial charge is 0.236 e. The van der Waals surface area contributed by atoms with Gasteiger partial charge >= 0.3 is 0 Å². The molecule has 0 saturated heterocycles. The van der Waals surface area contributed by atoms with Crippen LogP contribution in [0.25, 0.3) is 0 Å². The van der Waals surface area contributed by atoms with Gasteiger partial charge in [0.05, 0.1) is 12.5 Å². The van der Waals surface area contributed by atoms with Crippen LogP contribution in [0.3, 0.4) is 0 Å². The van der Waals surface area contributed by atoms with E-state index < -0.39 is 0 Å². The first-order valence-corrected chi connectivity index (χ1v) is 4.95. The summed E-state index contributed by atoms with van der Waals surface area (Å²) < 4.78 is 0. The van der Waals surface area contributed by atoms with Crippen molar-refractivity contribution >= 4 is 11.8 Å². The lowest BCUT2D eigenvalue weighted by Gasteiger charge is -2.17. The maximum atomic E-state index is 11.2. The molecule has 0 spiro atoms. The molecule has 16 heavy (non-hydrogen) atoms. The minimum Gasteiger partial charge on any atom is -0.349 e. The van der Waals surface area contributed by atoms with E-state index in [1.165, 1.54) is 6.92 Å². The molecule has 4 N–H and O–H groups in total. The Morgan fingerprint density at radius 2 is 1.94 bits per heavy atom. The predicted octanol–water partition coefficient (Wildman–Crippen LogP) is 0.244. The Balaban J connectivity index is 2.79. The molecule has 0 aromatic heterocycles. The lowest BCUT2D eigenvalue weighted by atomic mass is 10.0. The highest BCUT2D eigenvalue weighted by Crippen LogP contribution is 2.15. The van der Waals surface area contributed by atoms with Crippen molar-refractivity contribution in [3.63, 3.8) is 0 Å². The monoisotopic (exact) mass is 221 g/mol. The van der Waals surface area contributed by atoms with Gasteiger partial charge in [-0.1, -0.05) is 30.3 Å². The third-order valence-electron chi connectivity index (χ3n) is 2.13. The molecule has 5 nitrogen and oxygen atoms in total. The van der Waals surface area contributed by atoms with Crippen LogP contribution in [0, 0.1) is 0 Å². The van der Waals surface area contributed by atoms with E-state index in [9.17, 15) is 9.59 Å². The summed E-state index contributed by atoms with van der Waals surface area (Å²) in [7, 11) is 0. The number of nitrogens with two attached hydrogens (primary N) is 1. The molecule has 0 radical (unpaired) electrons. The van der Waals surface area contributed by atoms with Crippen LogP contribution in [0.1, 0.15) is 24.9 Å². The SMILES string of the molecule is CC(=O)N[C@@H](CC(=O)NN)c1ccccc1. The molecular weight excluding hydrogens is 206 g/mol. The molecule has 0 fully saturated rings. The molecule has 0 aliphatic rings. The molecular formula is C11H15N3O2. The average molecular weight is 221 g/mol. The average Bonchev–Trinajstić information content (AvgIpc) is 2.28. The summed E-state index contributed by atoms with van der Waals surface area (Å²) in [5.41, 5.74) is 2.92. The number of amides is 2. The zero-order chi connectivity index (χ0) is 12.0. The normalized spacial score (nSPS) is 11.6. The molecule has 0 aliphatic heterocycles. The summed E-state index contributed by atoms with van der Waals surface area (Å²) in [6.45, 7) is 1.41. The summed E-state index contributed by atoms with van der Waals surface area (Å²) in [5, 5.41) is 2.71. The lowest BCUT2D eigenvalue weighted by Crippen LogP contribution is -2.35. The number of nitrogens with one attached hydrogen (secondary N) is 2. The van der Waals surface area contributed by atoms with Gasteiger partial charge in [0.15, 0.2) is 0 Å². The summed E-state index contributed by atoms with van der Waals surface area (Å²) >= 11 is 0. The van der Waals surface area contributed by atoms with Gasteiger partial charge in [-0.15, -0.1) is 0 Å². The largest absolute Gasteiger partial charge is 0.349 e. The molecule has 1 rings (SSSR count). The van der Waals surface area contributed by atoms with Crippen molar-refractivity contribution in [2.24, 2.45) is 5.84 Å². The van der Waals surface area contributed by atoms with Gasteiger partial charge in [0.1, 0.15) is 0 Å².